The fraction of sp³-hybridized carbons (Fsp3) is 0.833. The van der Waals surface area contributed by atoms with Crippen LogP contribution in [0.2, 0.25) is 0 Å². The van der Waals surface area contributed by atoms with Gasteiger partial charge in [0, 0.05) is 16.3 Å². The standard InChI is InChI=1S/C18H31N2O7/c1-2-3-4-5-6-8-11-17(22)15(19(24)25)14-16(20(26)27)18(23)12-9-7-10-13-21/h6,8,15-18,22-23H,2-5,7,9-12,14H2,1H3/b8-6-. The number of allylic oxidation sites excluding steroid dienone is 1. The van der Waals surface area contributed by atoms with Gasteiger partial charge in [-0.1, -0.05) is 38.3 Å². The van der Waals surface area contributed by atoms with Crippen LogP contribution in [-0.4, -0.2) is 50.6 Å². The molecule has 0 heterocycles. The monoisotopic (exact) mass is 387 g/mol. The average molecular weight is 387 g/mol. The highest BCUT2D eigenvalue weighted by molar-refractivity contribution is 5.50. The summed E-state index contributed by atoms with van der Waals surface area (Å²) < 4.78 is 0. The van der Waals surface area contributed by atoms with Gasteiger partial charge in [-0.05, 0) is 32.1 Å². The number of carbonyl (C=O) groups excluding carboxylic acids is 1. The Hall–Kier alpha value is -1.87. The van der Waals surface area contributed by atoms with Crippen molar-refractivity contribution >= 4 is 6.29 Å². The number of unbranched alkanes of at least 4 members (excludes halogenated alkanes) is 5. The van der Waals surface area contributed by atoms with Crippen molar-refractivity contribution in [2.75, 3.05) is 0 Å². The predicted octanol–water partition coefficient (Wildman–Crippen LogP) is 2.59. The maximum absolute atomic E-state index is 11.3. The third-order valence-electron chi connectivity index (χ3n) is 4.46. The fourth-order valence-corrected chi connectivity index (χ4v) is 2.78. The molecule has 9 nitrogen and oxygen atoms in total. The molecule has 9 heteroatoms. The van der Waals surface area contributed by atoms with Gasteiger partial charge in [0.2, 0.25) is 12.1 Å². The summed E-state index contributed by atoms with van der Waals surface area (Å²) in [5, 5.41) is 42.6. The normalized spacial score (nSPS) is 16.0. The van der Waals surface area contributed by atoms with E-state index in [2.05, 4.69) is 6.92 Å². The van der Waals surface area contributed by atoms with Crippen LogP contribution in [0.5, 0.6) is 0 Å². The number of aliphatic hydroxyl groups excluding tert-OH is 2. The maximum Gasteiger partial charge on any atom is 0.245 e. The van der Waals surface area contributed by atoms with E-state index in [1.807, 2.05) is 6.08 Å². The second-order valence-electron chi connectivity index (χ2n) is 6.67. The van der Waals surface area contributed by atoms with Crippen molar-refractivity contribution in [2.24, 2.45) is 0 Å². The quantitative estimate of drug-likeness (QED) is 0.169. The molecule has 0 saturated heterocycles. The molecule has 4 atom stereocenters. The minimum absolute atomic E-state index is 0.0352. The van der Waals surface area contributed by atoms with E-state index in [9.17, 15) is 35.2 Å². The van der Waals surface area contributed by atoms with Crippen molar-refractivity contribution in [3.05, 3.63) is 32.4 Å². The molecule has 4 unspecified atom stereocenters. The summed E-state index contributed by atoms with van der Waals surface area (Å²) in [5.41, 5.74) is 0. The molecule has 0 rings (SSSR count). The van der Waals surface area contributed by atoms with E-state index in [-0.39, 0.29) is 19.3 Å². The van der Waals surface area contributed by atoms with Crippen molar-refractivity contribution in [2.45, 2.75) is 95.4 Å². The van der Waals surface area contributed by atoms with Gasteiger partial charge < -0.3 is 10.2 Å². The third-order valence-corrected chi connectivity index (χ3v) is 4.46. The smallest absolute Gasteiger partial charge is 0.245 e. The summed E-state index contributed by atoms with van der Waals surface area (Å²) in [4.78, 5) is 31.2. The molecule has 0 aliphatic carbocycles. The lowest BCUT2D eigenvalue weighted by Crippen LogP contribution is -2.43. The second kappa shape index (κ2) is 15.2. The molecular weight excluding hydrogens is 356 g/mol. The highest BCUT2D eigenvalue weighted by Gasteiger charge is 2.40. The molecule has 0 bridgehead atoms. The van der Waals surface area contributed by atoms with Crippen LogP contribution in [0.4, 0.5) is 0 Å². The van der Waals surface area contributed by atoms with E-state index in [0.29, 0.717) is 12.8 Å². The minimum Gasteiger partial charge on any atom is -0.386 e. The summed E-state index contributed by atoms with van der Waals surface area (Å²) in [6.45, 7) is 2.08. The highest BCUT2D eigenvalue weighted by atomic mass is 16.6. The Morgan fingerprint density at radius 1 is 0.963 bits per heavy atom. The van der Waals surface area contributed by atoms with Crippen molar-refractivity contribution in [3.63, 3.8) is 0 Å². The summed E-state index contributed by atoms with van der Waals surface area (Å²) in [6.07, 6.45) is 7.00. The molecule has 1 radical (unpaired) electrons. The summed E-state index contributed by atoms with van der Waals surface area (Å²) in [7, 11) is 0. The molecule has 2 N–H and O–H groups in total. The summed E-state index contributed by atoms with van der Waals surface area (Å²) >= 11 is 0. The Labute approximate surface area is 159 Å². The van der Waals surface area contributed by atoms with E-state index in [1.165, 1.54) is 0 Å². The summed E-state index contributed by atoms with van der Waals surface area (Å²) in [5.74, 6) is 0. The zero-order valence-electron chi connectivity index (χ0n) is 15.9. The van der Waals surface area contributed by atoms with Gasteiger partial charge in [-0.15, -0.1) is 0 Å². The molecule has 0 amide bonds. The minimum atomic E-state index is -1.54. The van der Waals surface area contributed by atoms with Gasteiger partial charge in [0.05, 0.1) is 6.42 Å². The van der Waals surface area contributed by atoms with Crippen LogP contribution in [0, 0.1) is 20.2 Å². The van der Waals surface area contributed by atoms with Gasteiger partial charge in [-0.3, -0.25) is 25.0 Å². The Morgan fingerprint density at radius 3 is 2.15 bits per heavy atom. The first-order valence-electron chi connectivity index (χ1n) is 9.48. The van der Waals surface area contributed by atoms with Crippen molar-refractivity contribution in [1.29, 1.82) is 0 Å². The van der Waals surface area contributed by atoms with E-state index >= 15 is 0 Å². The maximum atomic E-state index is 11.3. The zero-order valence-corrected chi connectivity index (χ0v) is 15.9. The average Bonchev–Trinajstić information content (AvgIpc) is 2.61. The van der Waals surface area contributed by atoms with Crippen LogP contribution in [-0.2, 0) is 4.79 Å². The molecule has 27 heavy (non-hydrogen) atoms. The third kappa shape index (κ3) is 11.4. The lowest BCUT2D eigenvalue weighted by molar-refractivity contribution is -0.573. The van der Waals surface area contributed by atoms with Crippen LogP contribution in [0.1, 0.15) is 71.1 Å². The van der Waals surface area contributed by atoms with Crippen LogP contribution in [0.3, 0.4) is 0 Å². The van der Waals surface area contributed by atoms with Crippen LogP contribution >= 0.6 is 0 Å². The molecule has 155 valence electrons. The van der Waals surface area contributed by atoms with Crippen LogP contribution in [0.15, 0.2) is 12.2 Å². The Kier molecular flexibility index (Phi) is 14.2. The fourth-order valence-electron chi connectivity index (χ4n) is 2.78. The molecule has 0 saturated carbocycles. The SMILES string of the molecule is CCCCC/C=C\CC(O)C(CC(C(O)CCCC[C]=O)[N+](=O)[O-])[N+](=O)[O-]. The van der Waals surface area contributed by atoms with E-state index in [0.717, 1.165) is 25.7 Å². The molecule has 0 aromatic heterocycles. The number of rotatable bonds is 17. The van der Waals surface area contributed by atoms with Gasteiger partial charge in [0.1, 0.15) is 12.2 Å². The predicted molar refractivity (Wildman–Crippen MR) is 100 cm³/mol. The second-order valence-corrected chi connectivity index (χ2v) is 6.67. The van der Waals surface area contributed by atoms with Crippen LogP contribution in [0.25, 0.3) is 0 Å². The van der Waals surface area contributed by atoms with E-state index < -0.39 is 40.6 Å². The van der Waals surface area contributed by atoms with Crippen molar-refractivity contribution in [3.8, 4) is 0 Å². The summed E-state index contributed by atoms with van der Waals surface area (Å²) in [6, 6.07) is -3.07. The number of hydrogen-bond donors (Lipinski definition) is 2. The topological polar surface area (TPSA) is 144 Å². The van der Waals surface area contributed by atoms with Crippen LogP contribution < -0.4 is 0 Å². The first-order valence-corrected chi connectivity index (χ1v) is 9.48. The largest absolute Gasteiger partial charge is 0.386 e. The van der Waals surface area contributed by atoms with Gasteiger partial charge in [0.25, 0.3) is 0 Å². The van der Waals surface area contributed by atoms with Crippen molar-refractivity contribution < 1.29 is 24.9 Å². The number of nitro groups is 2. The number of nitrogens with zero attached hydrogens (tertiary/aromatic N) is 2. The molecular formula is C18H31N2O7. The Balaban J connectivity index is 4.72. The Bertz CT molecular complexity index is 471. The lowest BCUT2D eigenvalue weighted by atomic mass is 9.94. The lowest BCUT2D eigenvalue weighted by Gasteiger charge is -2.20. The van der Waals surface area contributed by atoms with Crippen molar-refractivity contribution in [1.82, 2.24) is 0 Å². The Morgan fingerprint density at radius 2 is 1.59 bits per heavy atom. The molecule has 0 fully saturated rings. The molecule has 0 aliphatic heterocycles. The number of hydrogen-bond acceptors (Lipinski definition) is 7. The van der Waals surface area contributed by atoms with Gasteiger partial charge in [-0.2, -0.15) is 0 Å². The molecule has 0 aliphatic rings. The molecule has 0 aromatic carbocycles. The van der Waals surface area contributed by atoms with E-state index in [1.54, 1.807) is 12.4 Å². The van der Waals surface area contributed by atoms with Gasteiger partial charge >= 0.3 is 0 Å². The van der Waals surface area contributed by atoms with E-state index in [4.69, 9.17) is 0 Å². The molecule has 0 spiro atoms. The first-order chi connectivity index (χ1) is 12.8. The molecule has 0 aromatic rings. The van der Waals surface area contributed by atoms with Gasteiger partial charge in [-0.25, -0.2) is 0 Å². The highest BCUT2D eigenvalue weighted by Crippen LogP contribution is 2.18. The zero-order chi connectivity index (χ0) is 20.7. The van der Waals surface area contributed by atoms with Gasteiger partial charge in [0.15, 0.2) is 6.29 Å². The number of aliphatic hydroxyl groups is 2. The first kappa shape index (κ1) is 25.1.